The molecule has 6 nitrogen and oxygen atoms in total. The van der Waals surface area contributed by atoms with Crippen molar-refractivity contribution in [1.82, 2.24) is 5.43 Å². The summed E-state index contributed by atoms with van der Waals surface area (Å²) in [6.45, 7) is 1.70. The van der Waals surface area contributed by atoms with Crippen LogP contribution in [0.15, 0.2) is 47.6 Å². The van der Waals surface area contributed by atoms with Gasteiger partial charge in [0.1, 0.15) is 17.2 Å². The highest BCUT2D eigenvalue weighted by Gasteiger charge is 2.10. The first kappa shape index (κ1) is 16.4. The third kappa shape index (κ3) is 4.00. The first-order chi connectivity index (χ1) is 11.0. The molecule has 0 aliphatic carbocycles. The Hall–Kier alpha value is -3.02. The van der Waals surface area contributed by atoms with Gasteiger partial charge in [0, 0.05) is 17.2 Å². The molecule has 120 valence electrons. The summed E-state index contributed by atoms with van der Waals surface area (Å²) in [4.78, 5) is 12.2. The fourth-order valence-corrected chi connectivity index (χ4v) is 1.98. The molecule has 0 heterocycles. The number of carbonyl (C=O) groups is 1. The number of phenolic OH excluding ortho intramolecular Hbond substituents is 1. The average Bonchev–Trinajstić information content (AvgIpc) is 2.59. The first-order valence-electron chi connectivity index (χ1n) is 6.91. The Morgan fingerprint density at radius 3 is 2.26 bits per heavy atom. The zero-order chi connectivity index (χ0) is 16.8. The number of amides is 1. The van der Waals surface area contributed by atoms with Gasteiger partial charge in [0.2, 0.25) is 0 Å². The monoisotopic (exact) mass is 314 g/mol. The van der Waals surface area contributed by atoms with Crippen LogP contribution in [0.25, 0.3) is 0 Å². The van der Waals surface area contributed by atoms with E-state index in [9.17, 15) is 9.90 Å². The van der Waals surface area contributed by atoms with Crippen molar-refractivity contribution in [2.45, 2.75) is 6.92 Å². The van der Waals surface area contributed by atoms with Crippen LogP contribution in [0.4, 0.5) is 0 Å². The van der Waals surface area contributed by atoms with E-state index in [1.54, 1.807) is 49.4 Å². The molecule has 6 heteroatoms. The SMILES string of the molecule is COc1cc(OC)cc(C(=O)N/N=C(\C)c2ccccc2O)c1. The maximum Gasteiger partial charge on any atom is 0.271 e. The summed E-state index contributed by atoms with van der Waals surface area (Å²) in [5.41, 5.74) is 3.85. The van der Waals surface area contributed by atoms with Crippen LogP contribution in [0.1, 0.15) is 22.8 Å². The van der Waals surface area contributed by atoms with Gasteiger partial charge in [-0.3, -0.25) is 4.79 Å². The van der Waals surface area contributed by atoms with Crippen molar-refractivity contribution in [2.75, 3.05) is 14.2 Å². The highest BCUT2D eigenvalue weighted by atomic mass is 16.5. The van der Waals surface area contributed by atoms with Gasteiger partial charge in [-0.25, -0.2) is 5.43 Å². The lowest BCUT2D eigenvalue weighted by Gasteiger charge is -2.08. The van der Waals surface area contributed by atoms with Crippen molar-refractivity contribution in [3.05, 3.63) is 53.6 Å². The van der Waals surface area contributed by atoms with Gasteiger partial charge in [0.15, 0.2) is 0 Å². The molecule has 2 aromatic carbocycles. The van der Waals surface area contributed by atoms with E-state index in [4.69, 9.17) is 9.47 Å². The topological polar surface area (TPSA) is 80.2 Å². The van der Waals surface area contributed by atoms with Gasteiger partial charge in [-0.1, -0.05) is 12.1 Å². The van der Waals surface area contributed by atoms with Gasteiger partial charge in [0.25, 0.3) is 5.91 Å². The van der Waals surface area contributed by atoms with Crippen LogP contribution >= 0.6 is 0 Å². The summed E-state index contributed by atoms with van der Waals surface area (Å²) >= 11 is 0. The zero-order valence-corrected chi connectivity index (χ0v) is 13.2. The second kappa shape index (κ2) is 7.31. The second-order valence-electron chi connectivity index (χ2n) is 4.76. The van der Waals surface area contributed by atoms with E-state index < -0.39 is 5.91 Å². The third-order valence-electron chi connectivity index (χ3n) is 3.23. The molecule has 2 aromatic rings. The fourth-order valence-electron chi connectivity index (χ4n) is 1.98. The van der Waals surface area contributed by atoms with Gasteiger partial charge < -0.3 is 14.6 Å². The molecule has 2 rings (SSSR count). The van der Waals surface area contributed by atoms with Crippen molar-refractivity contribution in [3.8, 4) is 17.2 Å². The maximum atomic E-state index is 12.2. The van der Waals surface area contributed by atoms with Crippen molar-refractivity contribution < 1.29 is 19.4 Å². The summed E-state index contributed by atoms with van der Waals surface area (Å²) in [6, 6.07) is 11.6. The Bertz CT molecular complexity index is 719. The molecule has 0 bridgehead atoms. The second-order valence-corrected chi connectivity index (χ2v) is 4.76. The van der Waals surface area contributed by atoms with Gasteiger partial charge in [-0.05, 0) is 31.2 Å². The third-order valence-corrected chi connectivity index (χ3v) is 3.23. The van der Waals surface area contributed by atoms with Gasteiger partial charge >= 0.3 is 0 Å². The molecular weight excluding hydrogens is 296 g/mol. The van der Waals surface area contributed by atoms with E-state index in [-0.39, 0.29) is 5.75 Å². The molecule has 0 saturated carbocycles. The van der Waals surface area contributed by atoms with E-state index in [1.807, 2.05) is 0 Å². The lowest BCUT2D eigenvalue weighted by Crippen LogP contribution is -2.19. The molecule has 0 saturated heterocycles. The number of nitrogens with one attached hydrogen (secondary N) is 1. The van der Waals surface area contributed by atoms with Crippen LogP contribution in [0.3, 0.4) is 0 Å². The average molecular weight is 314 g/mol. The molecule has 0 aliphatic rings. The number of phenols is 1. The van der Waals surface area contributed by atoms with Crippen molar-refractivity contribution >= 4 is 11.6 Å². The van der Waals surface area contributed by atoms with Crippen LogP contribution in [0, 0.1) is 0 Å². The number of rotatable bonds is 5. The molecule has 2 N–H and O–H groups in total. The lowest BCUT2D eigenvalue weighted by molar-refractivity contribution is 0.0954. The molecule has 0 fully saturated rings. The van der Waals surface area contributed by atoms with E-state index in [0.717, 1.165) is 0 Å². The van der Waals surface area contributed by atoms with Crippen molar-refractivity contribution in [2.24, 2.45) is 5.10 Å². The quantitative estimate of drug-likeness (QED) is 0.656. The summed E-state index contributed by atoms with van der Waals surface area (Å²) in [5.74, 6) is 0.717. The van der Waals surface area contributed by atoms with E-state index in [2.05, 4.69) is 10.5 Å². The predicted octanol–water partition coefficient (Wildman–Crippen LogP) is 2.56. The Kier molecular flexibility index (Phi) is 5.19. The molecule has 0 radical (unpaired) electrons. The van der Waals surface area contributed by atoms with Crippen LogP contribution in [0.5, 0.6) is 17.2 Å². The summed E-state index contributed by atoms with van der Waals surface area (Å²) < 4.78 is 10.3. The van der Waals surface area contributed by atoms with Crippen molar-refractivity contribution in [1.29, 1.82) is 0 Å². The summed E-state index contributed by atoms with van der Waals surface area (Å²) in [7, 11) is 3.02. The van der Waals surface area contributed by atoms with Crippen LogP contribution in [0.2, 0.25) is 0 Å². The summed E-state index contributed by atoms with van der Waals surface area (Å²) in [6.07, 6.45) is 0. The largest absolute Gasteiger partial charge is 0.507 e. The van der Waals surface area contributed by atoms with E-state index in [1.165, 1.54) is 14.2 Å². The smallest absolute Gasteiger partial charge is 0.271 e. The minimum atomic E-state index is -0.406. The number of ether oxygens (including phenoxy) is 2. The predicted molar refractivity (Wildman–Crippen MR) is 87.3 cm³/mol. The van der Waals surface area contributed by atoms with E-state index in [0.29, 0.717) is 28.3 Å². The Balaban J connectivity index is 2.19. The molecule has 0 unspecified atom stereocenters. The van der Waals surface area contributed by atoms with Crippen LogP contribution in [-0.4, -0.2) is 30.9 Å². The molecule has 0 spiro atoms. The molecular formula is C17H18N2O4. The minimum Gasteiger partial charge on any atom is -0.507 e. The number of nitrogens with zero attached hydrogens (tertiary/aromatic N) is 1. The van der Waals surface area contributed by atoms with Crippen LogP contribution in [-0.2, 0) is 0 Å². The number of aromatic hydroxyl groups is 1. The number of methoxy groups -OCH3 is 2. The zero-order valence-electron chi connectivity index (χ0n) is 13.2. The lowest BCUT2D eigenvalue weighted by atomic mass is 10.1. The molecule has 0 aromatic heterocycles. The van der Waals surface area contributed by atoms with E-state index >= 15 is 0 Å². The normalized spacial score (nSPS) is 11.0. The highest BCUT2D eigenvalue weighted by molar-refractivity contribution is 6.02. The Morgan fingerprint density at radius 2 is 1.70 bits per heavy atom. The van der Waals surface area contributed by atoms with Crippen molar-refractivity contribution in [3.63, 3.8) is 0 Å². The first-order valence-corrected chi connectivity index (χ1v) is 6.91. The van der Waals surface area contributed by atoms with Gasteiger partial charge in [0.05, 0.1) is 19.9 Å². The standard InChI is InChI=1S/C17H18N2O4/c1-11(15-6-4-5-7-16(15)20)18-19-17(21)12-8-13(22-2)10-14(9-12)23-3/h4-10,20H,1-3H3,(H,19,21)/b18-11+. The molecule has 0 atom stereocenters. The summed E-state index contributed by atoms with van der Waals surface area (Å²) in [5, 5.41) is 13.8. The number of hydrogen-bond acceptors (Lipinski definition) is 5. The fraction of sp³-hybridized carbons (Fsp3) is 0.176. The number of hydrazone groups is 1. The van der Waals surface area contributed by atoms with Gasteiger partial charge in [-0.15, -0.1) is 0 Å². The Morgan fingerprint density at radius 1 is 1.09 bits per heavy atom. The molecule has 0 aliphatic heterocycles. The number of benzene rings is 2. The van der Waals surface area contributed by atoms with Crippen LogP contribution < -0.4 is 14.9 Å². The van der Waals surface area contributed by atoms with Gasteiger partial charge in [-0.2, -0.15) is 5.10 Å². The highest BCUT2D eigenvalue weighted by Crippen LogP contribution is 2.22. The Labute approximate surface area is 134 Å². The maximum absolute atomic E-state index is 12.2. The molecule has 23 heavy (non-hydrogen) atoms. The number of carbonyl (C=O) groups excluding carboxylic acids is 1. The molecule has 1 amide bonds. The minimum absolute atomic E-state index is 0.103. The number of hydrogen-bond donors (Lipinski definition) is 2. The number of para-hydroxylation sites is 1.